The van der Waals surface area contributed by atoms with E-state index in [9.17, 15) is 22.4 Å². The maximum atomic E-state index is 13.3. The molecule has 2 aromatic rings. The monoisotopic (exact) mass is 454 g/mol. The number of aromatic nitrogens is 2. The first-order valence-corrected chi connectivity index (χ1v) is 10.8. The Morgan fingerprint density at radius 1 is 1.06 bits per heavy atom. The zero-order valence-electron chi connectivity index (χ0n) is 17.7. The molecule has 1 aliphatic carbocycles. The smallest absolute Gasteiger partial charge is 0.372 e. The van der Waals surface area contributed by atoms with Crippen LogP contribution < -0.4 is 0 Å². The molecule has 10 heteroatoms. The number of nitrogens with zero attached hydrogens (tertiary/aromatic N) is 4. The number of amides is 1. The fourth-order valence-electron chi connectivity index (χ4n) is 4.31. The first-order valence-electron chi connectivity index (χ1n) is 10.8. The Kier molecular flexibility index (Phi) is 6.80. The fourth-order valence-corrected chi connectivity index (χ4v) is 4.31. The molecule has 0 N–H and O–H groups in total. The van der Waals surface area contributed by atoms with Crippen molar-refractivity contribution in [3.05, 3.63) is 47.0 Å². The van der Waals surface area contributed by atoms with E-state index in [4.69, 9.17) is 0 Å². The molecule has 1 fully saturated rings. The van der Waals surface area contributed by atoms with Gasteiger partial charge in [-0.2, -0.15) is 18.3 Å². The van der Waals surface area contributed by atoms with Gasteiger partial charge in [-0.1, -0.05) is 0 Å². The molecule has 0 spiro atoms. The van der Waals surface area contributed by atoms with Crippen LogP contribution in [0.1, 0.15) is 34.6 Å². The molecule has 0 radical (unpaired) electrons. The molecule has 0 unspecified atom stereocenters. The quantitative estimate of drug-likeness (QED) is 0.476. The lowest BCUT2D eigenvalue weighted by atomic mass is 10.1. The van der Waals surface area contributed by atoms with E-state index in [0.29, 0.717) is 44.8 Å². The van der Waals surface area contributed by atoms with Gasteiger partial charge < -0.3 is 9.64 Å². The molecule has 174 valence electrons. The molecule has 1 aromatic carbocycles. The minimum absolute atomic E-state index is 0.0611. The van der Waals surface area contributed by atoms with Crippen LogP contribution in [-0.4, -0.2) is 77.6 Å². The van der Waals surface area contributed by atoms with E-state index in [1.165, 1.54) is 12.1 Å². The highest BCUT2D eigenvalue weighted by Crippen LogP contribution is 2.29. The van der Waals surface area contributed by atoms with Gasteiger partial charge in [-0.25, -0.2) is 9.07 Å². The summed E-state index contributed by atoms with van der Waals surface area (Å²) >= 11 is 0. The molecular weight excluding hydrogens is 428 g/mol. The lowest BCUT2D eigenvalue weighted by Crippen LogP contribution is -2.49. The summed E-state index contributed by atoms with van der Waals surface area (Å²) in [6.45, 7) is 1.88. The van der Waals surface area contributed by atoms with E-state index in [-0.39, 0.29) is 18.3 Å². The number of hydrogen-bond donors (Lipinski definition) is 0. The summed E-state index contributed by atoms with van der Waals surface area (Å²) in [6.07, 6.45) is -1.19. The van der Waals surface area contributed by atoms with Crippen LogP contribution in [0.2, 0.25) is 0 Å². The Hall–Kier alpha value is -2.46. The van der Waals surface area contributed by atoms with Gasteiger partial charge in [0.05, 0.1) is 5.69 Å². The second kappa shape index (κ2) is 9.58. The second-order valence-electron chi connectivity index (χ2n) is 8.17. The van der Waals surface area contributed by atoms with Gasteiger partial charge >= 0.3 is 6.18 Å². The van der Waals surface area contributed by atoms with Crippen LogP contribution in [-0.2, 0) is 17.6 Å². The van der Waals surface area contributed by atoms with Crippen LogP contribution in [0.15, 0.2) is 24.3 Å². The zero-order chi connectivity index (χ0) is 22.7. The molecule has 0 bridgehead atoms. The largest absolute Gasteiger partial charge is 0.411 e. The zero-order valence-corrected chi connectivity index (χ0v) is 17.7. The van der Waals surface area contributed by atoms with E-state index in [1.54, 1.807) is 21.7 Å². The molecule has 0 saturated carbocycles. The number of ether oxygens (including phenoxy) is 1. The minimum atomic E-state index is -4.30. The average molecular weight is 454 g/mol. The second-order valence-corrected chi connectivity index (χ2v) is 8.17. The summed E-state index contributed by atoms with van der Waals surface area (Å²) < 4.78 is 56.0. The molecule has 6 nitrogen and oxygen atoms in total. The van der Waals surface area contributed by atoms with Crippen molar-refractivity contribution in [3.8, 4) is 5.69 Å². The van der Waals surface area contributed by atoms with Gasteiger partial charge in [0, 0.05) is 50.6 Å². The number of alkyl halides is 3. The number of rotatable bonds is 7. The Bertz CT molecular complexity index is 935. The number of carbonyl (C=O) groups excluding carboxylic acids is 1. The van der Waals surface area contributed by atoms with Gasteiger partial charge in [0.15, 0.2) is 5.69 Å². The van der Waals surface area contributed by atoms with Gasteiger partial charge in [-0.15, -0.1) is 0 Å². The summed E-state index contributed by atoms with van der Waals surface area (Å²) in [5.41, 5.74) is 3.19. The van der Waals surface area contributed by atoms with Gasteiger partial charge in [0.25, 0.3) is 5.91 Å². The minimum Gasteiger partial charge on any atom is -0.372 e. The lowest BCUT2D eigenvalue weighted by Gasteiger charge is -2.34. The highest BCUT2D eigenvalue weighted by atomic mass is 19.4. The van der Waals surface area contributed by atoms with Gasteiger partial charge in [-0.05, 0) is 49.9 Å². The first-order chi connectivity index (χ1) is 15.3. The molecule has 1 saturated heterocycles. The summed E-state index contributed by atoms with van der Waals surface area (Å²) in [4.78, 5) is 17.1. The predicted octanol–water partition coefficient (Wildman–Crippen LogP) is 3.23. The average Bonchev–Trinajstić information content (AvgIpc) is 3.36. The van der Waals surface area contributed by atoms with E-state index in [0.717, 1.165) is 36.2 Å². The first kappa shape index (κ1) is 22.7. The summed E-state index contributed by atoms with van der Waals surface area (Å²) in [5, 5.41) is 4.60. The Morgan fingerprint density at radius 2 is 1.78 bits per heavy atom. The van der Waals surface area contributed by atoms with Crippen LogP contribution in [0.5, 0.6) is 0 Å². The van der Waals surface area contributed by atoms with Gasteiger partial charge in [-0.3, -0.25) is 9.69 Å². The highest BCUT2D eigenvalue weighted by Gasteiger charge is 2.31. The maximum Gasteiger partial charge on any atom is 0.411 e. The lowest BCUT2D eigenvalue weighted by molar-refractivity contribution is -0.174. The summed E-state index contributed by atoms with van der Waals surface area (Å²) in [6, 6.07) is 6.08. The number of piperazine rings is 1. The predicted molar refractivity (Wildman–Crippen MR) is 109 cm³/mol. The summed E-state index contributed by atoms with van der Waals surface area (Å²) in [7, 11) is 0. The molecule has 4 rings (SSSR count). The number of halogens is 4. The Morgan fingerprint density at radius 3 is 2.47 bits per heavy atom. The van der Waals surface area contributed by atoms with E-state index < -0.39 is 12.8 Å². The molecular formula is C22H26F4N4O2. The standard InChI is InChI=1S/C22H26F4N4O2/c23-16-5-7-17(8-6-16)30-19-4-1-3-18(19)20(27-30)21(31)29-12-10-28(11-13-29)9-2-14-32-15-22(24,25)26/h5-8H,1-4,9-15H2. The van der Waals surface area contributed by atoms with Crippen molar-refractivity contribution in [2.45, 2.75) is 31.9 Å². The van der Waals surface area contributed by atoms with Crippen molar-refractivity contribution in [2.24, 2.45) is 0 Å². The molecule has 1 aromatic heterocycles. The van der Waals surface area contributed by atoms with Crippen molar-refractivity contribution in [3.63, 3.8) is 0 Å². The van der Waals surface area contributed by atoms with Crippen LogP contribution in [0.4, 0.5) is 17.6 Å². The molecule has 2 heterocycles. The Labute approximate surface area is 183 Å². The third-order valence-corrected chi connectivity index (χ3v) is 5.89. The van der Waals surface area contributed by atoms with Crippen LogP contribution in [0.3, 0.4) is 0 Å². The fraction of sp³-hybridized carbons (Fsp3) is 0.545. The summed E-state index contributed by atoms with van der Waals surface area (Å²) in [5.74, 6) is -0.421. The third kappa shape index (κ3) is 5.29. The third-order valence-electron chi connectivity index (χ3n) is 5.89. The van der Waals surface area contributed by atoms with Crippen molar-refractivity contribution in [1.29, 1.82) is 0 Å². The van der Waals surface area contributed by atoms with E-state index in [2.05, 4.69) is 14.7 Å². The van der Waals surface area contributed by atoms with Gasteiger partial charge in [0.1, 0.15) is 12.4 Å². The highest BCUT2D eigenvalue weighted by molar-refractivity contribution is 5.94. The number of benzene rings is 1. The molecule has 1 aliphatic heterocycles. The topological polar surface area (TPSA) is 50.6 Å². The number of fused-ring (bicyclic) bond motifs is 1. The molecule has 32 heavy (non-hydrogen) atoms. The van der Waals surface area contributed by atoms with E-state index in [1.807, 2.05) is 0 Å². The van der Waals surface area contributed by atoms with Crippen LogP contribution in [0.25, 0.3) is 5.69 Å². The molecule has 1 amide bonds. The molecule has 2 aliphatic rings. The van der Waals surface area contributed by atoms with Gasteiger partial charge in [0.2, 0.25) is 0 Å². The molecule has 0 atom stereocenters. The van der Waals surface area contributed by atoms with Crippen molar-refractivity contribution >= 4 is 5.91 Å². The van der Waals surface area contributed by atoms with E-state index >= 15 is 0 Å². The van der Waals surface area contributed by atoms with Crippen molar-refractivity contribution in [2.75, 3.05) is 45.9 Å². The number of carbonyl (C=O) groups is 1. The SMILES string of the molecule is O=C(c1nn(-c2ccc(F)cc2)c2c1CCC2)N1CCN(CCCOCC(F)(F)F)CC1. The van der Waals surface area contributed by atoms with Crippen LogP contribution >= 0.6 is 0 Å². The Balaban J connectivity index is 1.33. The normalized spacial score (nSPS) is 17.1. The maximum absolute atomic E-state index is 13.3. The number of hydrogen-bond acceptors (Lipinski definition) is 4. The van der Waals surface area contributed by atoms with Crippen molar-refractivity contribution < 1.29 is 27.1 Å². The van der Waals surface area contributed by atoms with Crippen molar-refractivity contribution in [1.82, 2.24) is 19.6 Å². The van der Waals surface area contributed by atoms with Crippen LogP contribution in [0, 0.1) is 5.82 Å².